The van der Waals surface area contributed by atoms with Crippen LogP contribution in [0, 0.1) is 5.82 Å². The quantitative estimate of drug-likeness (QED) is 0.508. The van der Waals surface area contributed by atoms with Crippen LogP contribution in [0.5, 0.6) is 5.75 Å². The van der Waals surface area contributed by atoms with Crippen molar-refractivity contribution in [3.63, 3.8) is 0 Å². The minimum Gasteiger partial charge on any atom is -0.497 e. The Hall–Kier alpha value is -2.80. The lowest BCUT2D eigenvalue weighted by atomic mass is 10.2. The van der Waals surface area contributed by atoms with E-state index in [0.717, 1.165) is 33.1 Å². The maximum absolute atomic E-state index is 13.3. The summed E-state index contributed by atoms with van der Waals surface area (Å²) in [5.74, 6) is 1.30. The summed E-state index contributed by atoms with van der Waals surface area (Å²) in [4.78, 5) is 18.0. The molecule has 0 unspecified atom stereocenters. The molecule has 136 valence electrons. The first-order valence-electron chi connectivity index (χ1n) is 8.64. The fraction of sp³-hybridized carbons (Fsp3) is 0.200. The number of hydrogen-bond donors (Lipinski definition) is 0. The van der Waals surface area contributed by atoms with Gasteiger partial charge in [0.05, 0.1) is 12.6 Å². The number of halogens is 1. The predicted molar refractivity (Wildman–Crippen MR) is 104 cm³/mol. The zero-order valence-electron chi connectivity index (χ0n) is 14.6. The molecule has 27 heavy (non-hydrogen) atoms. The minimum absolute atomic E-state index is 0.0303. The molecule has 0 spiro atoms. The number of fused-ring (bicyclic) bond motifs is 4. The predicted octanol–water partition coefficient (Wildman–Crippen LogP) is 3.65. The van der Waals surface area contributed by atoms with Crippen LogP contribution in [0.4, 0.5) is 4.39 Å². The lowest BCUT2D eigenvalue weighted by Gasteiger charge is -2.09. The van der Waals surface area contributed by atoms with Gasteiger partial charge in [0.2, 0.25) is 0 Å². The Bertz CT molecular complexity index is 1240. The van der Waals surface area contributed by atoms with E-state index in [0.29, 0.717) is 24.1 Å². The van der Waals surface area contributed by atoms with Gasteiger partial charge in [0.25, 0.3) is 5.56 Å². The van der Waals surface area contributed by atoms with Gasteiger partial charge >= 0.3 is 0 Å². The van der Waals surface area contributed by atoms with E-state index in [1.807, 2.05) is 22.8 Å². The van der Waals surface area contributed by atoms with Crippen molar-refractivity contribution in [3.05, 3.63) is 64.2 Å². The number of benzene rings is 2. The van der Waals surface area contributed by atoms with E-state index in [9.17, 15) is 9.18 Å². The van der Waals surface area contributed by atoms with E-state index in [1.54, 1.807) is 35.6 Å². The summed E-state index contributed by atoms with van der Waals surface area (Å²) in [6, 6.07) is 12.1. The van der Waals surface area contributed by atoms with Crippen LogP contribution in [0.15, 0.2) is 52.4 Å². The zero-order chi connectivity index (χ0) is 18.5. The van der Waals surface area contributed by atoms with E-state index >= 15 is 0 Å². The topological polar surface area (TPSA) is 49.1 Å². The van der Waals surface area contributed by atoms with Crippen LogP contribution in [0.25, 0.3) is 21.9 Å². The maximum atomic E-state index is 13.3. The highest BCUT2D eigenvalue weighted by atomic mass is 32.2. The summed E-state index contributed by atoms with van der Waals surface area (Å²) in [6.45, 7) is 1.14. The van der Waals surface area contributed by atoms with E-state index in [4.69, 9.17) is 9.72 Å². The normalized spacial score (nSPS) is 13.4. The average molecular weight is 381 g/mol. The van der Waals surface area contributed by atoms with Crippen molar-refractivity contribution in [1.82, 2.24) is 14.1 Å². The summed E-state index contributed by atoms with van der Waals surface area (Å²) in [7, 11) is 1.62. The van der Waals surface area contributed by atoms with E-state index in [-0.39, 0.29) is 11.4 Å². The molecule has 1 aliphatic heterocycles. The molecule has 0 atom stereocenters. The highest BCUT2D eigenvalue weighted by Gasteiger charge is 2.22. The van der Waals surface area contributed by atoms with E-state index < -0.39 is 0 Å². The van der Waals surface area contributed by atoms with Crippen molar-refractivity contribution < 1.29 is 9.13 Å². The van der Waals surface area contributed by atoms with Gasteiger partial charge in [-0.25, -0.2) is 9.37 Å². The first-order valence-corrected chi connectivity index (χ1v) is 9.62. The number of rotatable bonds is 3. The summed E-state index contributed by atoms with van der Waals surface area (Å²) >= 11 is 1.60. The third-order valence-electron chi connectivity index (χ3n) is 4.93. The molecule has 7 heteroatoms. The molecule has 0 fully saturated rings. The van der Waals surface area contributed by atoms with Crippen molar-refractivity contribution in [3.8, 4) is 5.75 Å². The summed E-state index contributed by atoms with van der Waals surface area (Å²) < 4.78 is 22.4. The van der Waals surface area contributed by atoms with Crippen LogP contribution in [-0.2, 0) is 13.1 Å². The lowest BCUT2D eigenvalue weighted by molar-refractivity contribution is 0.415. The maximum Gasteiger partial charge on any atom is 0.278 e. The van der Waals surface area contributed by atoms with Gasteiger partial charge in [0.15, 0.2) is 5.16 Å². The molecular formula is C20H16FN3O2S. The Kier molecular flexibility index (Phi) is 3.72. The van der Waals surface area contributed by atoms with Gasteiger partial charge in [-0.05, 0) is 35.9 Å². The highest BCUT2D eigenvalue weighted by molar-refractivity contribution is 7.99. The molecule has 1 aliphatic rings. The summed E-state index contributed by atoms with van der Waals surface area (Å²) in [6.07, 6.45) is 0. The molecule has 2 aromatic carbocycles. The van der Waals surface area contributed by atoms with Gasteiger partial charge in [-0.3, -0.25) is 9.36 Å². The lowest BCUT2D eigenvalue weighted by Crippen LogP contribution is -2.22. The number of thioether (sulfide) groups is 1. The van der Waals surface area contributed by atoms with Crippen LogP contribution in [0.3, 0.4) is 0 Å². The Balaban J connectivity index is 1.83. The average Bonchev–Trinajstić information content (AvgIpc) is 3.27. The standard InChI is InChI=1S/C20H16FN3O2S/c1-26-14-6-7-16-15(10-14)17-18(19(25)23-8-9-27-20(23)22-17)24(16)11-12-2-4-13(21)5-3-12/h2-7,10H,8-9,11H2,1H3. The van der Waals surface area contributed by atoms with Crippen LogP contribution in [0.2, 0.25) is 0 Å². The van der Waals surface area contributed by atoms with Crippen LogP contribution >= 0.6 is 11.8 Å². The van der Waals surface area contributed by atoms with Crippen molar-refractivity contribution >= 4 is 33.7 Å². The monoisotopic (exact) mass is 381 g/mol. The second-order valence-corrected chi connectivity index (χ2v) is 7.55. The molecule has 3 heterocycles. The Morgan fingerprint density at radius 3 is 2.81 bits per heavy atom. The molecule has 0 saturated carbocycles. The van der Waals surface area contributed by atoms with Crippen molar-refractivity contribution in [2.45, 2.75) is 18.2 Å². The molecule has 2 aromatic heterocycles. The van der Waals surface area contributed by atoms with Gasteiger partial charge in [-0.1, -0.05) is 23.9 Å². The second-order valence-electron chi connectivity index (χ2n) is 6.49. The number of hydrogen-bond acceptors (Lipinski definition) is 4. The van der Waals surface area contributed by atoms with Crippen LogP contribution in [0.1, 0.15) is 5.56 Å². The molecule has 4 aromatic rings. The van der Waals surface area contributed by atoms with Gasteiger partial charge < -0.3 is 9.30 Å². The van der Waals surface area contributed by atoms with Gasteiger partial charge in [0, 0.05) is 24.2 Å². The minimum atomic E-state index is -0.276. The summed E-state index contributed by atoms with van der Waals surface area (Å²) in [5, 5.41) is 1.65. The molecule has 0 radical (unpaired) electrons. The van der Waals surface area contributed by atoms with Crippen molar-refractivity contribution in [2.24, 2.45) is 0 Å². The van der Waals surface area contributed by atoms with Gasteiger partial charge in [-0.2, -0.15) is 0 Å². The molecule has 0 saturated heterocycles. The molecule has 5 rings (SSSR count). The van der Waals surface area contributed by atoms with E-state index in [2.05, 4.69) is 0 Å². The Labute approximate surface area is 158 Å². The fourth-order valence-electron chi connectivity index (χ4n) is 3.62. The number of nitrogens with zero attached hydrogens (tertiary/aromatic N) is 3. The first-order chi connectivity index (χ1) is 13.2. The zero-order valence-corrected chi connectivity index (χ0v) is 15.4. The smallest absolute Gasteiger partial charge is 0.278 e. The van der Waals surface area contributed by atoms with Crippen molar-refractivity contribution in [1.29, 1.82) is 0 Å². The Morgan fingerprint density at radius 1 is 1.22 bits per heavy atom. The third-order valence-corrected chi connectivity index (χ3v) is 5.89. The molecular weight excluding hydrogens is 365 g/mol. The second kappa shape index (κ2) is 6.13. The number of methoxy groups -OCH3 is 1. The SMILES string of the molecule is COc1ccc2c(c1)c1nc3n(c(=O)c1n2Cc1ccc(F)cc1)CCS3. The highest BCUT2D eigenvalue weighted by Crippen LogP contribution is 2.32. The van der Waals surface area contributed by atoms with E-state index in [1.165, 1.54) is 12.1 Å². The van der Waals surface area contributed by atoms with Crippen LogP contribution < -0.4 is 10.3 Å². The van der Waals surface area contributed by atoms with Gasteiger partial charge in [0.1, 0.15) is 22.6 Å². The molecule has 0 aliphatic carbocycles. The number of ether oxygens (including phenoxy) is 1. The molecule has 5 nitrogen and oxygen atoms in total. The molecule has 0 bridgehead atoms. The third kappa shape index (κ3) is 2.53. The van der Waals surface area contributed by atoms with Gasteiger partial charge in [-0.15, -0.1) is 0 Å². The van der Waals surface area contributed by atoms with Crippen molar-refractivity contribution in [2.75, 3.05) is 12.9 Å². The molecule has 0 amide bonds. The first kappa shape index (κ1) is 16.4. The molecule has 0 N–H and O–H groups in total. The Morgan fingerprint density at radius 2 is 2.04 bits per heavy atom. The fourth-order valence-corrected chi connectivity index (χ4v) is 4.56. The summed E-state index contributed by atoms with van der Waals surface area (Å²) in [5.41, 5.74) is 3.07. The largest absolute Gasteiger partial charge is 0.497 e. The number of aromatic nitrogens is 3. The van der Waals surface area contributed by atoms with Crippen LogP contribution in [-0.4, -0.2) is 27.0 Å².